The minimum atomic E-state index is -3.76. The molecule has 9 heteroatoms. The molecular formula is C36H38FN3O4S. The van der Waals surface area contributed by atoms with Crippen LogP contribution in [0.5, 0.6) is 0 Å². The first-order chi connectivity index (χ1) is 21.8. The van der Waals surface area contributed by atoms with E-state index in [1.54, 1.807) is 36.4 Å². The number of rotatable bonds is 11. The Hall–Kier alpha value is -4.24. The number of halogens is 1. The van der Waals surface area contributed by atoms with Crippen molar-refractivity contribution in [1.29, 1.82) is 0 Å². The van der Waals surface area contributed by atoms with Gasteiger partial charge >= 0.3 is 0 Å². The number of nitrogens with zero attached hydrogens (tertiary/aromatic N) is 2. The molecule has 2 aliphatic rings. The Morgan fingerprint density at radius 3 is 2.36 bits per heavy atom. The number of benzene rings is 4. The number of sulfonamides is 1. The molecule has 1 atom stereocenters. The lowest BCUT2D eigenvalue weighted by molar-refractivity contribution is -0.141. The predicted octanol–water partition coefficient (Wildman–Crippen LogP) is 6.36. The fourth-order valence-electron chi connectivity index (χ4n) is 6.62. The van der Waals surface area contributed by atoms with Gasteiger partial charge in [-0.2, -0.15) is 0 Å². The smallest absolute Gasteiger partial charge is 0.265 e. The lowest BCUT2D eigenvalue weighted by Gasteiger charge is -2.33. The van der Waals surface area contributed by atoms with Crippen LogP contribution in [-0.2, 0) is 32.6 Å². The molecule has 2 amide bonds. The van der Waals surface area contributed by atoms with Crippen molar-refractivity contribution < 1.29 is 22.4 Å². The van der Waals surface area contributed by atoms with Gasteiger partial charge in [-0.15, -0.1) is 0 Å². The van der Waals surface area contributed by atoms with Crippen LogP contribution in [0.2, 0.25) is 0 Å². The molecule has 0 aromatic heterocycles. The third kappa shape index (κ3) is 6.59. The highest BCUT2D eigenvalue weighted by Gasteiger charge is 2.36. The molecule has 1 heterocycles. The van der Waals surface area contributed by atoms with Crippen LogP contribution in [0.15, 0.2) is 95.9 Å². The molecule has 0 unspecified atom stereocenters. The quantitative estimate of drug-likeness (QED) is 0.210. The molecule has 1 saturated carbocycles. The fourth-order valence-corrected chi connectivity index (χ4v) is 8.37. The highest BCUT2D eigenvalue weighted by molar-refractivity contribution is 7.93. The van der Waals surface area contributed by atoms with Crippen LogP contribution >= 0.6 is 0 Å². The molecule has 6 rings (SSSR count). The van der Waals surface area contributed by atoms with Crippen molar-refractivity contribution in [2.45, 2.75) is 74.9 Å². The molecule has 0 spiro atoms. The van der Waals surface area contributed by atoms with Crippen LogP contribution in [0, 0.1) is 5.82 Å². The number of nitrogens with one attached hydrogen (secondary N) is 1. The third-order valence-electron chi connectivity index (χ3n) is 8.95. The first kappa shape index (κ1) is 30.8. The average Bonchev–Trinajstić information content (AvgIpc) is 3.27. The first-order valence-corrected chi connectivity index (χ1v) is 17.2. The van der Waals surface area contributed by atoms with Crippen LogP contribution < -0.4 is 9.62 Å². The lowest BCUT2D eigenvalue weighted by Crippen LogP contribution is -2.53. The van der Waals surface area contributed by atoms with E-state index >= 15 is 0 Å². The largest absolute Gasteiger partial charge is 0.352 e. The summed E-state index contributed by atoms with van der Waals surface area (Å²) in [5, 5.41) is 4.73. The molecule has 1 fully saturated rings. The maximum atomic E-state index is 14.9. The molecule has 7 nitrogen and oxygen atoms in total. The van der Waals surface area contributed by atoms with Crippen LogP contribution in [0.1, 0.15) is 56.1 Å². The van der Waals surface area contributed by atoms with Gasteiger partial charge in [0.1, 0.15) is 11.9 Å². The molecule has 0 radical (unpaired) electrons. The van der Waals surface area contributed by atoms with E-state index in [4.69, 9.17) is 0 Å². The van der Waals surface area contributed by atoms with Gasteiger partial charge in [-0.05, 0) is 48.4 Å². The Morgan fingerprint density at radius 2 is 1.60 bits per heavy atom. The van der Waals surface area contributed by atoms with E-state index in [9.17, 15) is 22.4 Å². The Labute approximate surface area is 264 Å². The average molecular weight is 628 g/mol. The van der Waals surface area contributed by atoms with Gasteiger partial charge in [0, 0.05) is 42.9 Å². The molecule has 1 N–H and O–H groups in total. The number of amides is 2. The molecule has 234 valence electrons. The van der Waals surface area contributed by atoms with E-state index < -0.39 is 21.9 Å². The Morgan fingerprint density at radius 1 is 0.889 bits per heavy atom. The highest BCUT2D eigenvalue weighted by atomic mass is 32.2. The first-order valence-electron chi connectivity index (χ1n) is 15.7. The van der Waals surface area contributed by atoms with E-state index in [1.165, 1.54) is 15.3 Å². The Balaban J connectivity index is 1.25. The second kappa shape index (κ2) is 13.4. The topological polar surface area (TPSA) is 86.8 Å². The zero-order valence-electron chi connectivity index (χ0n) is 25.2. The molecular weight excluding hydrogens is 589 g/mol. The molecule has 45 heavy (non-hydrogen) atoms. The number of anilines is 1. The summed E-state index contributed by atoms with van der Waals surface area (Å²) in [6.07, 6.45) is 5.52. The van der Waals surface area contributed by atoms with Gasteiger partial charge in [-0.25, -0.2) is 12.8 Å². The molecule has 1 aliphatic carbocycles. The van der Waals surface area contributed by atoms with E-state index in [1.807, 2.05) is 48.5 Å². The minimum Gasteiger partial charge on any atom is -0.352 e. The van der Waals surface area contributed by atoms with Crippen LogP contribution in [0.25, 0.3) is 10.8 Å². The lowest BCUT2D eigenvalue weighted by atomic mass is 9.94. The zero-order chi connectivity index (χ0) is 31.4. The highest BCUT2D eigenvalue weighted by Crippen LogP contribution is 2.42. The molecule has 4 aromatic carbocycles. The van der Waals surface area contributed by atoms with Crippen molar-refractivity contribution in [3.63, 3.8) is 0 Å². The predicted molar refractivity (Wildman–Crippen MR) is 174 cm³/mol. The maximum Gasteiger partial charge on any atom is 0.265 e. The summed E-state index contributed by atoms with van der Waals surface area (Å²) in [6, 6.07) is 25.7. The van der Waals surface area contributed by atoms with Crippen molar-refractivity contribution in [1.82, 2.24) is 10.2 Å². The van der Waals surface area contributed by atoms with E-state index in [-0.39, 0.29) is 55.1 Å². The normalized spacial score (nSPS) is 16.4. The standard InChI is InChI=1S/C36H38FN3O4S/c37-30-19-8-7-14-28(30)25-39(32(24-26-12-3-1-4-13-26)36(42)38-29-17-5-2-6-18-29)34(41)22-11-23-40-31-20-9-15-27-16-10-21-33(35(27)31)45(40,43)44/h1,3-4,7-10,12-16,19-21,29,32H,2,5-6,11,17-18,22-25H2,(H,38,42)/t32-/m1/s1. The monoisotopic (exact) mass is 627 g/mol. The second-order valence-electron chi connectivity index (χ2n) is 12.0. The van der Waals surface area contributed by atoms with Gasteiger partial charge in [0.15, 0.2) is 0 Å². The van der Waals surface area contributed by atoms with E-state index in [0.717, 1.165) is 43.1 Å². The SMILES string of the molecule is O=C(NC1CCCCC1)[C@@H](Cc1ccccc1)N(Cc1ccccc1F)C(=O)CCCN1c2cccc3cccc(c23)S1(=O)=O. The zero-order valence-corrected chi connectivity index (χ0v) is 26.0. The summed E-state index contributed by atoms with van der Waals surface area (Å²) in [4.78, 5) is 29.8. The van der Waals surface area contributed by atoms with Gasteiger partial charge in [0.05, 0.1) is 10.6 Å². The van der Waals surface area contributed by atoms with Crippen molar-refractivity contribution in [2.75, 3.05) is 10.8 Å². The van der Waals surface area contributed by atoms with Crippen molar-refractivity contribution in [3.05, 3.63) is 108 Å². The van der Waals surface area contributed by atoms with E-state index in [0.29, 0.717) is 16.6 Å². The Bertz CT molecular complexity index is 1790. The van der Waals surface area contributed by atoms with E-state index in [2.05, 4.69) is 5.32 Å². The summed E-state index contributed by atoms with van der Waals surface area (Å²) < 4.78 is 43.3. The van der Waals surface area contributed by atoms with Crippen molar-refractivity contribution in [3.8, 4) is 0 Å². The Kier molecular flexibility index (Phi) is 9.16. The third-order valence-corrected chi connectivity index (χ3v) is 10.8. The fraction of sp³-hybridized carbons (Fsp3) is 0.333. The van der Waals surface area contributed by atoms with Gasteiger partial charge in [-0.1, -0.05) is 92.1 Å². The summed E-state index contributed by atoms with van der Waals surface area (Å²) in [6.45, 7) is 0.0287. The summed E-state index contributed by atoms with van der Waals surface area (Å²) in [5.74, 6) is -1.03. The van der Waals surface area contributed by atoms with Gasteiger partial charge in [-0.3, -0.25) is 13.9 Å². The second-order valence-corrected chi connectivity index (χ2v) is 13.8. The van der Waals surface area contributed by atoms with Crippen molar-refractivity contribution >= 4 is 38.3 Å². The molecule has 0 saturated heterocycles. The van der Waals surface area contributed by atoms with Crippen LogP contribution in [0.4, 0.5) is 10.1 Å². The summed E-state index contributed by atoms with van der Waals surface area (Å²) >= 11 is 0. The maximum absolute atomic E-state index is 14.9. The summed E-state index contributed by atoms with van der Waals surface area (Å²) in [7, 11) is -3.76. The van der Waals surface area contributed by atoms with Crippen molar-refractivity contribution in [2.24, 2.45) is 0 Å². The van der Waals surface area contributed by atoms with Gasteiger partial charge in [0.25, 0.3) is 10.0 Å². The van der Waals surface area contributed by atoms with Crippen LogP contribution in [0.3, 0.4) is 0 Å². The molecule has 0 bridgehead atoms. The number of carbonyl (C=O) groups is 2. The number of hydrogen-bond donors (Lipinski definition) is 1. The number of carbonyl (C=O) groups excluding carboxylic acids is 2. The van der Waals surface area contributed by atoms with Crippen LogP contribution in [-0.4, -0.2) is 43.8 Å². The number of hydrogen-bond acceptors (Lipinski definition) is 4. The minimum absolute atomic E-state index is 0.00517. The molecule has 1 aliphatic heterocycles. The van der Waals surface area contributed by atoms with Gasteiger partial charge < -0.3 is 10.2 Å². The summed E-state index contributed by atoms with van der Waals surface area (Å²) in [5.41, 5.74) is 1.81. The molecule has 4 aromatic rings. The van der Waals surface area contributed by atoms with Gasteiger partial charge in [0.2, 0.25) is 11.8 Å².